The predicted octanol–water partition coefficient (Wildman–Crippen LogP) is 5.10. The third-order valence-corrected chi connectivity index (χ3v) is 5.56. The molecule has 2 N–H and O–H groups in total. The topological polar surface area (TPSA) is 115 Å². The summed E-state index contributed by atoms with van der Waals surface area (Å²) in [6, 6.07) is 15.9. The van der Waals surface area contributed by atoms with E-state index < -0.39 is 17.8 Å². The monoisotopic (exact) mass is 543 g/mol. The summed E-state index contributed by atoms with van der Waals surface area (Å²) < 4.78 is 16.3. The van der Waals surface area contributed by atoms with Gasteiger partial charge in [-0.1, -0.05) is 36.2 Å². The number of nitrogens with zero attached hydrogens (tertiary/aromatic N) is 1. The molecular weight excluding hydrogens is 521 g/mol. The average Bonchev–Trinajstić information content (AvgIpc) is 2.90. The van der Waals surface area contributed by atoms with Crippen molar-refractivity contribution in [2.75, 3.05) is 19.0 Å². The zero-order chi connectivity index (χ0) is 26.8. The van der Waals surface area contributed by atoms with Crippen LogP contribution in [0.5, 0.6) is 17.2 Å². The highest BCUT2D eigenvalue weighted by Gasteiger charge is 2.16. The van der Waals surface area contributed by atoms with E-state index in [2.05, 4.69) is 15.8 Å². The molecule has 0 spiro atoms. The van der Waals surface area contributed by atoms with Crippen LogP contribution in [-0.2, 0) is 9.59 Å². The molecule has 0 heterocycles. The number of hydrazone groups is 1. The molecule has 9 nitrogen and oxygen atoms in total. The fraction of sp³-hybridized carbons (Fsp3) is 0.154. The summed E-state index contributed by atoms with van der Waals surface area (Å²) in [5, 5.41) is 6.46. The largest absolute Gasteiger partial charge is 0.494 e. The van der Waals surface area contributed by atoms with E-state index >= 15 is 0 Å². The number of benzene rings is 3. The molecule has 3 rings (SSSR count). The first kappa shape index (κ1) is 27.5. The highest BCUT2D eigenvalue weighted by Crippen LogP contribution is 2.30. The Bertz CT molecular complexity index is 1310. The third-order valence-electron chi connectivity index (χ3n) is 4.74. The number of anilines is 1. The SMILES string of the molecule is CCCOc1ccc(C(=O)Oc2ccc(/C=N\NC(=O)C(=O)Nc3cccc(Cl)c3Cl)cc2OC)cc1. The summed E-state index contributed by atoms with van der Waals surface area (Å²) in [5.41, 5.74) is 3.15. The van der Waals surface area contributed by atoms with Crippen LogP contribution in [0.4, 0.5) is 5.69 Å². The number of ether oxygens (including phenoxy) is 3. The number of halogens is 2. The van der Waals surface area contributed by atoms with Gasteiger partial charge in [-0.15, -0.1) is 0 Å². The van der Waals surface area contributed by atoms with Crippen LogP contribution in [0.2, 0.25) is 10.0 Å². The summed E-state index contributed by atoms with van der Waals surface area (Å²) in [6.45, 7) is 2.59. The first-order chi connectivity index (χ1) is 17.8. The molecule has 3 aromatic rings. The lowest BCUT2D eigenvalue weighted by Gasteiger charge is -2.10. The van der Waals surface area contributed by atoms with Crippen LogP contribution in [0.15, 0.2) is 65.8 Å². The van der Waals surface area contributed by atoms with E-state index in [9.17, 15) is 14.4 Å². The molecule has 0 saturated carbocycles. The van der Waals surface area contributed by atoms with Crippen LogP contribution >= 0.6 is 23.2 Å². The molecule has 0 atom stereocenters. The highest BCUT2D eigenvalue weighted by atomic mass is 35.5. The molecule has 0 aliphatic rings. The summed E-state index contributed by atoms with van der Waals surface area (Å²) in [7, 11) is 1.42. The zero-order valence-electron chi connectivity index (χ0n) is 19.9. The number of carbonyl (C=O) groups is 3. The number of methoxy groups -OCH3 is 1. The number of nitrogens with one attached hydrogen (secondary N) is 2. The maximum Gasteiger partial charge on any atom is 0.343 e. The second-order valence-corrected chi connectivity index (χ2v) is 8.21. The second kappa shape index (κ2) is 13.3. The van der Waals surface area contributed by atoms with Gasteiger partial charge in [0.2, 0.25) is 0 Å². The fourth-order valence-electron chi connectivity index (χ4n) is 2.91. The van der Waals surface area contributed by atoms with Crippen molar-refractivity contribution < 1.29 is 28.6 Å². The van der Waals surface area contributed by atoms with Crippen LogP contribution in [0.25, 0.3) is 0 Å². The van der Waals surface area contributed by atoms with Gasteiger partial charge in [-0.05, 0) is 66.6 Å². The maximum atomic E-state index is 12.5. The highest BCUT2D eigenvalue weighted by molar-refractivity contribution is 6.45. The number of hydrogen-bond acceptors (Lipinski definition) is 7. The van der Waals surface area contributed by atoms with Gasteiger partial charge in [-0.2, -0.15) is 5.10 Å². The van der Waals surface area contributed by atoms with E-state index in [0.717, 1.165) is 6.42 Å². The Balaban J connectivity index is 1.59. The maximum absolute atomic E-state index is 12.5. The van der Waals surface area contributed by atoms with Crippen molar-refractivity contribution >= 4 is 52.9 Å². The van der Waals surface area contributed by atoms with Crippen molar-refractivity contribution in [2.45, 2.75) is 13.3 Å². The first-order valence-corrected chi connectivity index (χ1v) is 11.8. The molecule has 0 bridgehead atoms. The lowest BCUT2D eigenvalue weighted by atomic mass is 10.2. The minimum Gasteiger partial charge on any atom is -0.494 e. The van der Waals surface area contributed by atoms with E-state index in [4.69, 9.17) is 37.4 Å². The average molecular weight is 544 g/mol. The quantitative estimate of drug-likeness (QED) is 0.127. The normalized spacial score (nSPS) is 10.6. The third kappa shape index (κ3) is 7.70. The molecule has 192 valence electrons. The predicted molar refractivity (Wildman–Crippen MR) is 141 cm³/mol. The Morgan fingerprint density at radius 1 is 0.973 bits per heavy atom. The van der Waals surface area contributed by atoms with Crippen LogP contribution in [0.1, 0.15) is 29.3 Å². The minimum atomic E-state index is -1.02. The molecule has 0 aliphatic heterocycles. The number of carbonyl (C=O) groups excluding carboxylic acids is 3. The van der Waals surface area contributed by atoms with Crippen molar-refractivity contribution in [3.05, 3.63) is 81.8 Å². The Morgan fingerprint density at radius 3 is 2.43 bits per heavy atom. The zero-order valence-corrected chi connectivity index (χ0v) is 21.4. The van der Waals surface area contributed by atoms with Crippen molar-refractivity contribution in [1.82, 2.24) is 5.43 Å². The summed E-state index contributed by atoms with van der Waals surface area (Å²) >= 11 is 11.9. The van der Waals surface area contributed by atoms with Gasteiger partial charge in [0, 0.05) is 0 Å². The summed E-state index contributed by atoms with van der Waals surface area (Å²) in [5.74, 6) is -1.45. The fourth-order valence-corrected chi connectivity index (χ4v) is 3.26. The first-order valence-electron chi connectivity index (χ1n) is 11.0. The van der Waals surface area contributed by atoms with E-state index in [0.29, 0.717) is 23.5 Å². The second-order valence-electron chi connectivity index (χ2n) is 7.43. The molecule has 0 fully saturated rings. The Morgan fingerprint density at radius 2 is 1.73 bits per heavy atom. The van der Waals surface area contributed by atoms with Crippen LogP contribution < -0.4 is 25.0 Å². The van der Waals surface area contributed by atoms with Crippen LogP contribution in [0, 0.1) is 0 Å². The molecule has 2 amide bonds. The van der Waals surface area contributed by atoms with Crippen molar-refractivity contribution in [3.63, 3.8) is 0 Å². The number of rotatable bonds is 9. The van der Waals surface area contributed by atoms with Crippen LogP contribution in [-0.4, -0.2) is 37.7 Å². The minimum absolute atomic E-state index is 0.111. The summed E-state index contributed by atoms with van der Waals surface area (Å²) in [4.78, 5) is 36.6. The van der Waals surface area contributed by atoms with E-state index in [1.165, 1.54) is 25.5 Å². The van der Waals surface area contributed by atoms with Gasteiger partial charge in [0.05, 0.1) is 41.2 Å². The van der Waals surface area contributed by atoms with Gasteiger partial charge in [0.25, 0.3) is 0 Å². The molecule has 0 saturated heterocycles. The lowest BCUT2D eigenvalue weighted by Crippen LogP contribution is -2.32. The molecule has 0 aromatic heterocycles. The summed E-state index contributed by atoms with van der Waals surface area (Å²) in [6.07, 6.45) is 2.17. The molecule has 0 unspecified atom stereocenters. The Labute approximate surface area is 223 Å². The van der Waals surface area contributed by atoms with Crippen LogP contribution in [0.3, 0.4) is 0 Å². The molecule has 0 aliphatic carbocycles. The molecule has 0 radical (unpaired) electrons. The number of esters is 1. The van der Waals surface area contributed by atoms with Crippen molar-refractivity contribution in [3.8, 4) is 17.2 Å². The van der Waals surface area contributed by atoms with E-state index in [1.54, 1.807) is 48.5 Å². The molecule has 37 heavy (non-hydrogen) atoms. The van der Waals surface area contributed by atoms with Crippen molar-refractivity contribution in [1.29, 1.82) is 0 Å². The van der Waals surface area contributed by atoms with Gasteiger partial charge in [-0.25, -0.2) is 10.2 Å². The van der Waals surface area contributed by atoms with Gasteiger partial charge in [0.1, 0.15) is 5.75 Å². The molecular formula is C26H23Cl2N3O6. The van der Waals surface area contributed by atoms with Gasteiger partial charge in [0.15, 0.2) is 11.5 Å². The number of hydrogen-bond donors (Lipinski definition) is 2. The van der Waals surface area contributed by atoms with Gasteiger partial charge < -0.3 is 19.5 Å². The Kier molecular flexibility index (Phi) is 9.88. The Hall–Kier alpha value is -4.08. The van der Waals surface area contributed by atoms with Gasteiger partial charge in [-0.3, -0.25) is 9.59 Å². The smallest absolute Gasteiger partial charge is 0.343 e. The molecule has 3 aromatic carbocycles. The molecule has 11 heteroatoms. The lowest BCUT2D eigenvalue weighted by molar-refractivity contribution is -0.136. The van der Waals surface area contributed by atoms with Gasteiger partial charge >= 0.3 is 17.8 Å². The standard InChI is InChI=1S/C26H23Cl2N3O6/c1-3-13-36-18-10-8-17(9-11-18)26(34)37-21-12-7-16(14-22(21)35-2)15-29-31-25(33)24(32)30-20-6-4-5-19(27)23(20)28/h4-12,14-15H,3,13H2,1-2H3,(H,30,32)(H,31,33)/b29-15-. The van der Waals surface area contributed by atoms with E-state index in [-0.39, 0.29) is 27.2 Å². The van der Waals surface area contributed by atoms with Crippen molar-refractivity contribution in [2.24, 2.45) is 5.10 Å². The van der Waals surface area contributed by atoms with E-state index in [1.807, 2.05) is 6.92 Å². The number of amides is 2.